The van der Waals surface area contributed by atoms with Crippen LogP contribution in [-0.4, -0.2) is 35.7 Å². The van der Waals surface area contributed by atoms with Gasteiger partial charge in [0.05, 0.1) is 0 Å². The number of carbonyl (C=O) groups is 1. The topological polar surface area (TPSA) is 55.6 Å². The fourth-order valence-electron chi connectivity index (χ4n) is 1.18. The van der Waals surface area contributed by atoms with Gasteiger partial charge in [-0.3, -0.25) is 0 Å². The number of nitrogens with zero attached hydrogens (tertiary/aromatic N) is 1. The summed E-state index contributed by atoms with van der Waals surface area (Å²) in [6.07, 6.45) is 0.631. The number of nitrogens with two attached hydrogens (primary N) is 1. The van der Waals surface area contributed by atoms with Crippen molar-refractivity contribution in [1.82, 2.24) is 4.90 Å². The summed E-state index contributed by atoms with van der Waals surface area (Å²) >= 11 is 0. The predicted molar refractivity (Wildman–Crippen MR) is 61.7 cm³/mol. The van der Waals surface area contributed by atoms with E-state index in [9.17, 15) is 4.79 Å². The van der Waals surface area contributed by atoms with E-state index in [-0.39, 0.29) is 12.1 Å². The molecule has 1 amide bonds. The van der Waals surface area contributed by atoms with E-state index in [2.05, 4.69) is 0 Å². The van der Waals surface area contributed by atoms with Gasteiger partial charge in [-0.05, 0) is 34.1 Å². The highest BCUT2D eigenvalue weighted by Crippen LogP contribution is 2.12. The molecule has 0 aliphatic heterocycles. The molecule has 15 heavy (non-hydrogen) atoms. The summed E-state index contributed by atoms with van der Waals surface area (Å²) in [6, 6.07) is 0.0276. The van der Waals surface area contributed by atoms with Gasteiger partial charge < -0.3 is 15.4 Å². The lowest BCUT2D eigenvalue weighted by Gasteiger charge is -2.30. The summed E-state index contributed by atoms with van der Waals surface area (Å²) in [4.78, 5) is 13.5. The van der Waals surface area contributed by atoms with E-state index < -0.39 is 5.60 Å². The van der Waals surface area contributed by atoms with Crippen molar-refractivity contribution in [1.29, 1.82) is 0 Å². The Kier molecular flexibility index (Phi) is 5.65. The largest absolute Gasteiger partial charge is 0.444 e. The van der Waals surface area contributed by atoms with Gasteiger partial charge >= 0.3 is 6.09 Å². The van der Waals surface area contributed by atoms with E-state index in [1.54, 1.807) is 4.90 Å². The third kappa shape index (κ3) is 5.62. The van der Waals surface area contributed by atoms with Gasteiger partial charge in [-0.25, -0.2) is 4.79 Å². The molecule has 1 atom stereocenters. The van der Waals surface area contributed by atoms with Gasteiger partial charge in [-0.15, -0.1) is 0 Å². The molecule has 0 spiro atoms. The van der Waals surface area contributed by atoms with E-state index >= 15 is 0 Å². The van der Waals surface area contributed by atoms with Crippen LogP contribution in [0.3, 0.4) is 0 Å². The van der Waals surface area contributed by atoms with Gasteiger partial charge in [-0.2, -0.15) is 0 Å². The van der Waals surface area contributed by atoms with Crippen LogP contribution in [0, 0.1) is 0 Å². The lowest BCUT2D eigenvalue weighted by atomic mass is 10.2. The Morgan fingerprint density at radius 2 is 2.00 bits per heavy atom. The van der Waals surface area contributed by atoms with Gasteiger partial charge in [0.1, 0.15) is 5.60 Å². The maximum atomic E-state index is 11.8. The minimum Gasteiger partial charge on any atom is -0.444 e. The third-order valence-electron chi connectivity index (χ3n) is 1.97. The van der Waals surface area contributed by atoms with E-state index in [4.69, 9.17) is 10.5 Å². The second kappa shape index (κ2) is 5.95. The van der Waals surface area contributed by atoms with Crippen LogP contribution >= 0.6 is 0 Å². The van der Waals surface area contributed by atoms with Crippen LogP contribution in [0.25, 0.3) is 0 Å². The zero-order chi connectivity index (χ0) is 12.1. The maximum absolute atomic E-state index is 11.8. The molecule has 0 bridgehead atoms. The molecule has 0 aromatic heterocycles. The van der Waals surface area contributed by atoms with Crippen molar-refractivity contribution in [3.63, 3.8) is 0 Å². The Labute approximate surface area is 92.8 Å². The predicted octanol–water partition coefficient (Wildman–Crippen LogP) is 1.98. The van der Waals surface area contributed by atoms with Crippen LogP contribution < -0.4 is 5.73 Å². The highest BCUT2D eigenvalue weighted by Gasteiger charge is 2.24. The summed E-state index contributed by atoms with van der Waals surface area (Å²) in [5.41, 5.74) is 5.11. The molecule has 0 saturated heterocycles. The highest BCUT2D eigenvalue weighted by molar-refractivity contribution is 5.68. The van der Waals surface area contributed by atoms with Crippen molar-refractivity contribution in [2.45, 2.75) is 52.7 Å². The molecule has 0 radical (unpaired) electrons. The summed E-state index contributed by atoms with van der Waals surface area (Å²) in [7, 11) is 0. The standard InChI is InChI=1S/C11H24N2O2/c1-6-7-13(9(2)8-12)10(14)15-11(3,4)5/h9H,6-8,12H2,1-5H3. The summed E-state index contributed by atoms with van der Waals surface area (Å²) in [6.45, 7) is 10.7. The average Bonchev–Trinajstić information content (AvgIpc) is 2.10. The van der Waals surface area contributed by atoms with Crippen molar-refractivity contribution in [2.24, 2.45) is 5.73 Å². The second-order valence-corrected chi connectivity index (χ2v) is 4.76. The molecule has 1 unspecified atom stereocenters. The molecule has 0 aromatic rings. The zero-order valence-electron chi connectivity index (χ0n) is 10.5. The van der Waals surface area contributed by atoms with Gasteiger partial charge in [-0.1, -0.05) is 6.92 Å². The third-order valence-corrected chi connectivity index (χ3v) is 1.97. The molecule has 0 aliphatic carbocycles. The molecule has 0 saturated carbocycles. The lowest BCUT2D eigenvalue weighted by Crippen LogP contribution is -2.45. The first-order chi connectivity index (χ1) is 6.81. The minimum atomic E-state index is -0.447. The average molecular weight is 216 g/mol. The van der Waals surface area contributed by atoms with Crippen molar-refractivity contribution in [3.05, 3.63) is 0 Å². The number of amides is 1. The summed E-state index contributed by atoms with van der Waals surface area (Å²) in [5.74, 6) is 0. The minimum absolute atomic E-state index is 0.0276. The van der Waals surface area contributed by atoms with E-state index in [1.165, 1.54) is 0 Å². The number of hydrogen-bond acceptors (Lipinski definition) is 3. The van der Waals surface area contributed by atoms with Crippen LogP contribution in [-0.2, 0) is 4.74 Å². The summed E-state index contributed by atoms with van der Waals surface area (Å²) < 4.78 is 5.31. The van der Waals surface area contributed by atoms with Crippen molar-refractivity contribution in [2.75, 3.05) is 13.1 Å². The van der Waals surface area contributed by atoms with Gasteiger partial charge in [0, 0.05) is 19.1 Å². The fraction of sp³-hybridized carbons (Fsp3) is 0.909. The molecular formula is C11H24N2O2. The van der Waals surface area contributed by atoms with Gasteiger partial charge in [0.2, 0.25) is 0 Å². The monoisotopic (exact) mass is 216 g/mol. The fourth-order valence-corrected chi connectivity index (χ4v) is 1.18. The molecule has 0 fully saturated rings. The number of carbonyl (C=O) groups excluding carboxylic acids is 1. The lowest BCUT2D eigenvalue weighted by molar-refractivity contribution is 0.0183. The Morgan fingerprint density at radius 3 is 2.33 bits per heavy atom. The Hall–Kier alpha value is -0.770. The van der Waals surface area contributed by atoms with Crippen molar-refractivity contribution >= 4 is 6.09 Å². The van der Waals surface area contributed by atoms with E-state index in [0.717, 1.165) is 6.42 Å². The summed E-state index contributed by atoms with van der Waals surface area (Å²) in [5, 5.41) is 0. The SMILES string of the molecule is CCCN(C(=O)OC(C)(C)C)C(C)CN. The van der Waals surface area contributed by atoms with Crippen LogP contribution in [0.5, 0.6) is 0 Å². The van der Waals surface area contributed by atoms with Crippen LogP contribution in [0.15, 0.2) is 0 Å². The number of rotatable bonds is 4. The van der Waals surface area contributed by atoms with Crippen molar-refractivity contribution in [3.8, 4) is 0 Å². The normalized spacial score (nSPS) is 13.5. The molecule has 0 aromatic carbocycles. The molecule has 0 rings (SSSR count). The first kappa shape index (κ1) is 14.2. The number of hydrogen-bond donors (Lipinski definition) is 1. The van der Waals surface area contributed by atoms with Crippen molar-refractivity contribution < 1.29 is 9.53 Å². The van der Waals surface area contributed by atoms with Gasteiger partial charge in [0.15, 0.2) is 0 Å². The molecule has 0 aliphatic rings. The smallest absolute Gasteiger partial charge is 0.410 e. The molecule has 0 heterocycles. The second-order valence-electron chi connectivity index (χ2n) is 4.76. The van der Waals surface area contributed by atoms with E-state index in [1.807, 2.05) is 34.6 Å². The number of ether oxygens (including phenoxy) is 1. The highest BCUT2D eigenvalue weighted by atomic mass is 16.6. The first-order valence-electron chi connectivity index (χ1n) is 5.51. The Balaban J connectivity index is 4.42. The van der Waals surface area contributed by atoms with Crippen LogP contribution in [0.4, 0.5) is 4.79 Å². The molecule has 2 N–H and O–H groups in total. The maximum Gasteiger partial charge on any atom is 0.410 e. The van der Waals surface area contributed by atoms with E-state index in [0.29, 0.717) is 13.1 Å². The van der Waals surface area contributed by atoms with Crippen LogP contribution in [0.1, 0.15) is 41.0 Å². The molecule has 90 valence electrons. The Bertz CT molecular complexity index is 199. The molecular weight excluding hydrogens is 192 g/mol. The Morgan fingerprint density at radius 1 is 1.47 bits per heavy atom. The quantitative estimate of drug-likeness (QED) is 0.781. The molecule has 4 nitrogen and oxygen atoms in total. The molecule has 4 heteroatoms. The van der Waals surface area contributed by atoms with Gasteiger partial charge in [0.25, 0.3) is 0 Å². The first-order valence-corrected chi connectivity index (χ1v) is 5.51. The zero-order valence-corrected chi connectivity index (χ0v) is 10.5. The van der Waals surface area contributed by atoms with Crippen LogP contribution in [0.2, 0.25) is 0 Å².